The average Bonchev–Trinajstić information content (AvgIpc) is 3.04. The molecule has 0 aromatic heterocycles. The monoisotopic (exact) mass is 750 g/mol. The van der Waals surface area contributed by atoms with Crippen LogP contribution in [0.15, 0.2) is 103 Å². The van der Waals surface area contributed by atoms with Crippen molar-refractivity contribution in [3.8, 4) is 5.75 Å². The van der Waals surface area contributed by atoms with Gasteiger partial charge in [0, 0.05) is 39.6 Å². The lowest BCUT2D eigenvalue weighted by Crippen LogP contribution is -2.31. The van der Waals surface area contributed by atoms with Crippen LogP contribution in [-0.2, 0) is 23.9 Å². The summed E-state index contributed by atoms with van der Waals surface area (Å²) in [5.74, 6) is 0.675. The van der Waals surface area contributed by atoms with E-state index in [4.69, 9.17) is 16.3 Å². The van der Waals surface area contributed by atoms with Gasteiger partial charge in [0.2, 0.25) is 5.91 Å². The Morgan fingerprint density at radius 3 is 2.04 bits per heavy atom. The highest BCUT2D eigenvalue weighted by atomic mass is 127. The summed E-state index contributed by atoms with van der Waals surface area (Å²) in [5.41, 5.74) is 2.70. The fraction of sp³-hybridized carbons (Fsp3) is 0.306. The lowest BCUT2D eigenvalue weighted by atomic mass is 9.90. The molecule has 240 valence electrons. The quantitative estimate of drug-likeness (QED) is 0.0777. The van der Waals surface area contributed by atoms with Gasteiger partial charge in [-0.3, -0.25) is 9.69 Å². The Kier molecular flexibility index (Phi) is 14.7. The summed E-state index contributed by atoms with van der Waals surface area (Å²) in [5, 5.41) is -0.267. The van der Waals surface area contributed by atoms with Gasteiger partial charge in [-0.1, -0.05) is 119 Å². The number of benzene rings is 4. The fourth-order valence-electron chi connectivity index (χ4n) is 4.98. The zero-order chi connectivity index (χ0) is 32.8. The van der Waals surface area contributed by atoms with Crippen LogP contribution < -0.4 is 4.74 Å². The number of carbonyl (C=O) groups is 1. The van der Waals surface area contributed by atoms with E-state index in [2.05, 4.69) is 51.8 Å². The summed E-state index contributed by atoms with van der Waals surface area (Å²) in [6.45, 7) is 1.80. The van der Waals surface area contributed by atoms with Crippen LogP contribution in [0.25, 0.3) is 0 Å². The average molecular weight is 751 g/mol. The highest BCUT2D eigenvalue weighted by molar-refractivity contribution is 14.1. The molecule has 0 radical (unpaired) electrons. The molecule has 0 saturated heterocycles. The Labute approximate surface area is 283 Å². The minimum absolute atomic E-state index is 0.00110. The van der Waals surface area contributed by atoms with Gasteiger partial charge in [-0.05, 0) is 51.8 Å². The predicted octanol–water partition coefficient (Wildman–Crippen LogP) is 9.14. The van der Waals surface area contributed by atoms with Crippen molar-refractivity contribution in [2.75, 3.05) is 38.7 Å². The molecule has 4 aromatic rings. The lowest BCUT2D eigenvalue weighted by molar-refractivity contribution is -0.137. The predicted molar refractivity (Wildman–Crippen MR) is 185 cm³/mol. The third-order valence-corrected chi connectivity index (χ3v) is 7.71. The van der Waals surface area contributed by atoms with Crippen molar-refractivity contribution in [1.82, 2.24) is 9.80 Å². The first-order valence-electron chi connectivity index (χ1n) is 14.6. The standard InChI is InChI=1S/C35H36ClF3N2O2.CH3I/c1-40(2)33(42)23-26-12-9-18-30(22-26)43-21-11-20-41(24-29-17-10-19-32(34(29)36)35(37,38)39)25-31(27-13-5-3-6-14-27)28-15-7-4-8-16-28;1-2/h3-10,12-19,22,31H,11,20-21,23-25H2,1-2H3;1H3. The number of carbonyl (C=O) groups excluding carboxylic acids is 1. The topological polar surface area (TPSA) is 32.8 Å². The lowest BCUT2D eigenvalue weighted by Gasteiger charge is -2.29. The van der Waals surface area contributed by atoms with E-state index in [1.54, 1.807) is 25.1 Å². The van der Waals surface area contributed by atoms with Gasteiger partial charge >= 0.3 is 6.18 Å². The van der Waals surface area contributed by atoms with Crippen molar-refractivity contribution in [3.05, 3.63) is 136 Å². The second-order valence-corrected chi connectivity index (χ2v) is 11.1. The molecular weight excluding hydrogens is 712 g/mol. The van der Waals surface area contributed by atoms with Crippen LogP contribution in [0.5, 0.6) is 5.75 Å². The first-order valence-corrected chi connectivity index (χ1v) is 17.1. The zero-order valence-corrected chi connectivity index (χ0v) is 28.6. The summed E-state index contributed by atoms with van der Waals surface area (Å²) in [6.07, 6.45) is -3.61. The maximum Gasteiger partial charge on any atom is 0.417 e. The maximum absolute atomic E-state index is 13.6. The molecule has 0 saturated carbocycles. The van der Waals surface area contributed by atoms with E-state index < -0.39 is 11.7 Å². The molecule has 1 amide bonds. The maximum atomic E-state index is 13.6. The summed E-state index contributed by atoms with van der Waals surface area (Å²) in [4.78, 5) is 17.8. The number of halogens is 5. The van der Waals surface area contributed by atoms with Crippen LogP contribution in [0, 0.1) is 0 Å². The Bertz CT molecular complexity index is 1430. The molecule has 0 heterocycles. The molecular formula is C36H39ClF3IN2O2. The number of rotatable bonds is 13. The molecule has 0 atom stereocenters. The molecule has 0 spiro atoms. The molecule has 0 fully saturated rings. The number of hydrogen-bond acceptors (Lipinski definition) is 3. The normalized spacial score (nSPS) is 11.2. The van der Waals surface area contributed by atoms with E-state index in [1.165, 1.54) is 6.07 Å². The van der Waals surface area contributed by atoms with Gasteiger partial charge in [0.05, 0.1) is 23.6 Å². The first-order chi connectivity index (χ1) is 21.6. The summed E-state index contributed by atoms with van der Waals surface area (Å²) < 4.78 is 46.9. The molecule has 0 bridgehead atoms. The Morgan fingerprint density at radius 2 is 1.47 bits per heavy atom. The van der Waals surface area contributed by atoms with Gasteiger partial charge in [0.25, 0.3) is 0 Å². The van der Waals surface area contributed by atoms with Crippen molar-refractivity contribution < 1.29 is 22.7 Å². The van der Waals surface area contributed by atoms with Gasteiger partial charge in [0.1, 0.15) is 5.75 Å². The van der Waals surface area contributed by atoms with E-state index in [0.29, 0.717) is 37.4 Å². The number of alkyl halides is 4. The third-order valence-electron chi connectivity index (χ3n) is 7.26. The summed E-state index contributed by atoms with van der Waals surface area (Å²) in [7, 11) is 3.45. The van der Waals surface area contributed by atoms with Crippen LogP contribution >= 0.6 is 34.2 Å². The molecule has 9 heteroatoms. The van der Waals surface area contributed by atoms with E-state index >= 15 is 0 Å². The second-order valence-electron chi connectivity index (χ2n) is 10.7. The van der Waals surface area contributed by atoms with Crippen molar-refractivity contribution in [1.29, 1.82) is 0 Å². The molecule has 0 aliphatic carbocycles. The van der Waals surface area contributed by atoms with Crippen LogP contribution in [0.3, 0.4) is 0 Å². The van der Waals surface area contributed by atoms with Gasteiger partial charge in [-0.15, -0.1) is 0 Å². The van der Waals surface area contributed by atoms with Crippen molar-refractivity contribution in [2.24, 2.45) is 0 Å². The Hall–Kier alpha value is -3.08. The molecule has 45 heavy (non-hydrogen) atoms. The van der Waals surface area contributed by atoms with E-state index in [1.807, 2.05) is 65.6 Å². The van der Waals surface area contributed by atoms with Crippen molar-refractivity contribution in [3.63, 3.8) is 0 Å². The zero-order valence-electron chi connectivity index (χ0n) is 25.7. The SMILES string of the molecule is CI.CN(C)C(=O)Cc1cccc(OCCCN(Cc2cccc(C(F)(F)F)c2Cl)CC(c2ccccc2)c2ccccc2)c1. The van der Waals surface area contributed by atoms with Gasteiger partial charge in [0.15, 0.2) is 0 Å². The van der Waals surface area contributed by atoms with Gasteiger partial charge < -0.3 is 9.64 Å². The van der Waals surface area contributed by atoms with E-state index in [0.717, 1.165) is 22.8 Å². The number of hydrogen-bond donors (Lipinski definition) is 0. The highest BCUT2D eigenvalue weighted by Crippen LogP contribution is 2.37. The molecule has 0 aliphatic rings. The van der Waals surface area contributed by atoms with E-state index in [9.17, 15) is 18.0 Å². The van der Waals surface area contributed by atoms with Gasteiger partial charge in [-0.25, -0.2) is 0 Å². The number of ether oxygens (including phenoxy) is 1. The highest BCUT2D eigenvalue weighted by Gasteiger charge is 2.34. The Balaban J connectivity index is 0.00000271. The molecule has 4 nitrogen and oxygen atoms in total. The molecule has 0 N–H and O–H groups in total. The van der Waals surface area contributed by atoms with Crippen LogP contribution in [0.2, 0.25) is 5.02 Å². The fourth-order valence-corrected chi connectivity index (χ4v) is 5.28. The molecule has 0 aliphatic heterocycles. The van der Waals surface area contributed by atoms with Gasteiger partial charge in [-0.2, -0.15) is 13.2 Å². The Morgan fingerprint density at radius 1 is 0.867 bits per heavy atom. The second kappa shape index (κ2) is 18.2. The smallest absolute Gasteiger partial charge is 0.417 e. The minimum atomic E-state index is -4.53. The minimum Gasteiger partial charge on any atom is -0.494 e. The summed E-state index contributed by atoms with van der Waals surface area (Å²) >= 11 is 8.47. The molecule has 4 aromatic carbocycles. The largest absolute Gasteiger partial charge is 0.494 e. The first kappa shape index (κ1) is 36.4. The number of amides is 1. The number of nitrogens with zero attached hydrogens (tertiary/aromatic N) is 2. The van der Waals surface area contributed by atoms with Crippen molar-refractivity contribution >= 4 is 40.1 Å². The van der Waals surface area contributed by atoms with E-state index in [-0.39, 0.29) is 29.8 Å². The van der Waals surface area contributed by atoms with Crippen molar-refractivity contribution in [2.45, 2.75) is 31.5 Å². The molecule has 0 unspecified atom stereocenters. The summed E-state index contributed by atoms with van der Waals surface area (Å²) in [6, 6.07) is 31.7. The number of likely N-dealkylation sites (N-methyl/N-ethyl adjacent to an activating group) is 1. The van der Waals surface area contributed by atoms with Crippen LogP contribution in [0.4, 0.5) is 13.2 Å². The third kappa shape index (κ3) is 11.3. The van der Waals surface area contributed by atoms with Crippen LogP contribution in [-0.4, -0.2) is 54.4 Å². The van der Waals surface area contributed by atoms with Crippen LogP contribution in [0.1, 0.15) is 40.2 Å². The molecule has 4 rings (SSSR count).